The number of carbonyl (C=O) groups is 1. The second-order valence-corrected chi connectivity index (χ2v) is 9.29. The van der Waals surface area contributed by atoms with Crippen LogP contribution in [0.15, 0.2) is 53.9 Å². The van der Waals surface area contributed by atoms with Gasteiger partial charge < -0.3 is 20.1 Å². The molecule has 0 radical (unpaired) electrons. The molecule has 2 N–H and O–H groups in total. The van der Waals surface area contributed by atoms with Gasteiger partial charge in [0.25, 0.3) is 0 Å². The van der Waals surface area contributed by atoms with Gasteiger partial charge in [0.05, 0.1) is 24.9 Å². The predicted molar refractivity (Wildman–Crippen MR) is 144 cm³/mol. The quantitative estimate of drug-likeness (QED) is 0.300. The van der Waals surface area contributed by atoms with E-state index >= 15 is 0 Å². The molecule has 0 bridgehead atoms. The van der Waals surface area contributed by atoms with Gasteiger partial charge in [-0.05, 0) is 62.5 Å². The number of hydrogen-bond donors (Lipinski definition) is 2. The summed E-state index contributed by atoms with van der Waals surface area (Å²) in [7, 11) is 3.30. The van der Waals surface area contributed by atoms with Gasteiger partial charge in [0, 0.05) is 23.9 Å². The molecule has 35 heavy (non-hydrogen) atoms. The average Bonchev–Trinajstić information content (AvgIpc) is 3.32. The van der Waals surface area contributed by atoms with Crippen LogP contribution in [0.4, 0.5) is 0 Å². The summed E-state index contributed by atoms with van der Waals surface area (Å²) in [5, 5.41) is 9.55. The first-order valence-electron chi connectivity index (χ1n) is 12.0. The number of aryl methyl sites for hydroxylation is 2. The Balaban J connectivity index is 1.24. The number of hydrogen-bond acceptors (Lipinski definition) is 6. The molecule has 0 saturated carbocycles. The normalized spacial score (nSPS) is 11.1. The molecule has 3 rings (SSSR count). The monoisotopic (exact) mass is 493 g/mol. The van der Waals surface area contributed by atoms with Crippen molar-refractivity contribution < 1.29 is 14.3 Å². The van der Waals surface area contributed by atoms with Crippen molar-refractivity contribution in [3.8, 4) is 22.8 Å². The van der Waals surface area contributed by atoms with Crippen molar-refractivity contribution in [2.45, 2.75) is 32.6 Å². The molecule has 0 aliphatic heterocycles. The van der Waals surface area contributed by atoms with Crippen molar-refractivity contribution in [2.24, 2.45) is 0 Å². The van der Waals surface area contributed by atoms with Gasteiger partial charge in [-0.2, -0.15) is 0 Å². The lowest BCUT2D eigenvalue weighted by molar-refractivity contribution is -0.120. The predicted octanol–water partition coefficient (Wildman–Crippen LogP) is 5.27. The van der Waals surface area contributed by atoms with Crippen LogP contribution < -0.4 is 20.1 Å². The van der Waals surface area contributed by atoms with E-state index in [1.165, 1.54) is 5.56 Å². The second kappa shape index (κ2) is 14.3. The molecule has 186 valence electrons. The van der Waals surface area contributed by atoms with Gasteiger partial charge in [-0.1, -0.05) is 42.5 Å². The highest BCUT2D eigenvalue weighted by Gasteiger charge is 2.04. The maximum atomic E-state index is 12.1. The van der Waals surface area contributed by atoms with E-state index in [4.69, 9.17) is 9.47 Å². The minimum Gasteiger partial charge on any atom is -0.493 e. The van der Waals surface area contributed by atoms with Crippen LogP contribution >= 0.6 is 11.3 Å². The summed E-state index contributed by atoms with van der Waals surface area (Å²) in [4.78, 5) is 16.6. The Labute approximate surface area is 212 Å². The molecule has 1 heterocycles. The molecule has 1 amide bonds. The van der Waals surface area contributed by atoms with Gasteiger partial charge in [0.1, 0.15) is 0 Å². The molecule has 0 atom stereocenters. The highest BCUT2D eigenvalue weighted by molar-refractivity contribution is 7.09. The maximum Gasteiger partial charge on any atom is 0.223 e. The van der Waals surface area contributed by atoms with E-state index in [2.05, 4.69) is 51.3 Å². The number of nitrogens with one attached hydrogen (secondary N) is 2. The molecule has 2 aromatic carbocycles. The third-order valence-corrected chi connectivity index (χ3v) is 6.33. The van der Waals surface area contributed by atoms with Crippen LogP contribution in [-0.4, -0.2) is 44.7 Å². The summed E-state index contributed by atoms with van der Waals surface area (Å²) in [5.74, 6) is 1.57. The SMILES string of the molecule is COc1ccc(CCCNCCCNC(=O)C/C=C/c2ccc(-c3csc(C)n3)cc2)cc1OC. The number of aromatic nitrogens is 1. The zero-order valence-corrected chi connectivity index (χ0v) is 21.6. The zero-order valence-electron chi connectivity index (χ0n) is 20.8. The fourth-order valence-electron chi connectivity index (χ4n) is 3.66. The van der Waals surface area contributed by atoms with Gasteiger partial charge in [-0.25, -0.2) is 4.98 Å². The van der Waals surface area contributed by atoms with Crippen LogP contribution in [0.1, 0.15) is 35.4 Å². The Kier molecular flexibility index (Phi) is 10.8. The highest BCUT2D eigenvalue weighted by atomic mass is 32.1. The molecule has 0 unspecified atom stereocenters. The third-order valence-electron chi connectivity index (χ3n) is 5.56. The van der Waals surface area contributed by atoms with Crippen molar-refractivity contribution in [1.29, 1.82) is 0 Å². The van der Waals surface area contributed by atoms with Crippen molar-refractivity contribution >= 4 is 23.3 Å². The van der Waals surface area contributed by atoms with Gasteiger partial charge in [0.2, 0.25) is 5.91 Å². The maximum absolute atomic E-state index is 12.1. The van der Waals surface area contributed by atoms with Gasteiger partial charge in [0.15, 0.2) is 11.5 Å². The molecular formula is C28H35N3O3S. The van der Waals surface area contributed by atoms with E-state index in [1.54, 1.807) is 25.6 Å². The van der Waals surface area contributed by atoms with Crippen LogP contribution in [0.5, 0.6) is 11.5 Å². The van der Waals surface area contributed by atoms with Crippen molar-refractivity contribution in [2.75, 3.05) is 33.9 Å². The largest absolute Gasteiger partial charge is 0.493 e. The number of carbonyl (C=O) groups excluding carboxylic acids is 1. The Bertz CT molecular complexity index is 1090. The number of ether oxygens (including phenoxy) is 2. The third kappa shape index (κ3) is 8.85. The summed E-state index contributed by atoms with van der Waals surface area (Å²) >= 11 is 1.65. The van der Waals surface area contributed by atoms with E-state index in [0.29, 0.717) is 13.0 Å². The van der Waals surface area contributed by atoms with E-state index in [9.17, 15) is 4.79 Å². The van der Waals surface area contributed by atoms with Crippen molar-refractivity contribution in [3.63, 3.8) is 0 Å². The fraction of sp³-hybridized carbons (Fsp3) is 0.357. The molecule has 0 aliphatic rings. The summed E-state index contributed by atoms with van der Waals surface area (Å²) < 4.78 is 10.6. The molecule has 1 aromatic heterocycles. The van der Waals surface area contributed by atoms with Crippen LogP contribution in [-0.2, 0) is 11.2 Å². The summed E-state index contributed by atoms with van der Waals surface area (Å²) in [6.45, 7) is 4.51. The molecule has 0 saturated heterocycles. The topological polar surface area (TPSA) is 72.5 Å². The molecule has 3 aromatic rings. The molecule has 0 aliphatic carbocycles. The minimum absolute atomic E-state index is 0.0456. The summed E-state index contributed by atoms with van der Waals surface area (Å²) in [6, 6.07) is 14.3. The molecule has 0 fully saturated rings. The first-order valence-corrected chi connectivity index (χ1v) is 12.8. The molecular weight excluding hydrogens is 458 g/mol. The highest BCUT2D eigenvalue weighted by Crippen LogP contribution is 2.28. The Morgan fingerprint density at radius 3 is 2.49 bits per heavy atom. The van der Waals surface area contributed by atoms with Crippen LogP contribution in [0.2, 0.25) is 0 Å². The Hall–Kier alpha value is -3.16. The van der Waals surface area contributed by atoms with Crippen LogP contribution in [0.25, 0.3) is 17.3 Å². The summed E-state index contributed by atoms with van der Waals surface area (Å²) in [6.07, 6.45) is 7.19. The standard InChI is InChI=1S/C28H35N3O3S/c1-21-31-25(20-35-21)24-13-10-22(11-14-24)7-4-9-28(32)30-18-6-17-29-16-5-8-23-12-15-26(33-2)27(19-23)34-3/h4,7,10-15,19-20,29H,5-6,8-9,16-18H2,1-3H3,(H,30,32)/b7-4+. The number of amides is 1. The van der Waals surface area contributed by atoms with Crippen molar-refractivity contribution in [3.05, 3.63) is 70.1 Å². The Morgan fingerprint density at radius 1 is 1.00 bits per heavy atom. The lowest BCUT2D eigenvalue weighted by Gasteiger charge is -2.10. The minimum atomic E-state index is 0.0456. The zero-order chi connectivity index (χ0) is 24.9. The first kappa shape index (κ1) is 26.4. The van der Waals surface area contributed by atoms with E-state index in [1.807, 2.05) is 31.2 Å². The van der Waals surface area contributed by atoms with Crippen molar-refractivity contribution in [1.82, 2.24) is 15.6 Å². The van der Waals surface area contributed by atoms with E-state index < -0.39 is 0 Å². The lowest BCUT2D eigenvalue weighted by Crippen LogP contribution is -2.27. The summed E-state index contributed by atoms with van der Waals surface area (Å²) in [5.41, 5.74) is 4.43. The van der Waals surface area contributed by atoms with E-state index in [-0.39, 0.29) is 5.91 Å². The Morgan fingerprint density at radius 2 is 1.77 bits per heavy atom. The number of methoxy groups -OCH3 is 2. The smallest absolute Gasteiger partial charge is 0.223 e. The van der Waals surface area contributed by atoms with Crippen LogP contribution in [0.3, 0.4) is 0 Å². The number of nitrogens with zero attached hydrogens (tertiary/aromatic N) is 1. The number of benzene rings is 2. The lowest BCUT2D eigenvalue weighted by atomic mass is 10.1. The van der Waals surface area contributed by atoms with Gasteiger partial charge in [-0.15, -0.1) is 11.3 Å². The number of thiazole rings is 1. The molecule has 7 heteroatoms. The molecule has 0 spiro atoms. The fourth-order valence-corrected chi connectivity index (χ4v) is 4.28. The first-order chi connectivity index (χ1) is 17.1. The number of rotatable bonds is 14. The van der Waals surface area contributed by atoms with Crippen LogP contribution in [0, 0.1) is 6.92 Å². The second-order valence-electron chi connectivity index (χ2n) is 8.23. The van der Waals surface area contributed by atoms with E-state index in [0.717, 1.165) is 65.7 Å². The van der Waals surface area contributed by atoms with Gasteiger partial charge >= 0.3 is 0 Å². The average molecular weight is 494 g/mol. The molecule has 6 nitrogen and oxygen atoms in total. The van der Waals surface area contributed by atoms with Gasteiger partial charge in [-0.3, -0.25) is 4.79 Å².